The van der Waals surface area contributed by atoms with Crippen molar-refractivity contribution in [1.29, 1.82) is 0 Å². The molecule has 1 unspecified atom stereocenters. The van der Waals surface area contributed by atoms with Crippen LogP contribution in [0, 0.1) is 12.3 Å². The third kappa shape index (κ3) is 10.9. The molecule has 4 nitrogen and oxygen atoms in total. The van der Waals surface area contributed by atoms with Gasteiger partial charge in [-0.1, -0.05) is 74.7 Å². The van der Waals surface area contributed by atoms with Crippen molar-refractivity contribution in [3.63, 3.8) is 0 Å². The number of terminal acetylenes is 1. The first-order chi connectivity index (χ1) is 17.2. The van der Waals surface area contributed by atoms with Gasteiger partial charge in [0.2, 0.25) is 0 Å². The molecule has 0 N–H and O–H groups in total. The van der Waals surface area contributed by atoms with Gasteiger partial charge in [-0.2, -0.15) is 0 Å². The van der Waals surface area contributed by atoms with Crippen LogP contribution < -0.4 is 4.74 Å². The molecule has 2 atom stereocenters. The average molecular weight is 477 g/mol. The number of allylic oxidation sites excluding steroid dienone is 1. The van der Waals surface area contributed by atoms with Gasteiger partial charge >= 0.3 is 0 Å². The molecule has 0 amide bonds. The molecule has 1 saturated heterocycles. The SMILES string of the molecule is C#CC[C@H](CCCCC)OC1CCCCO1.C=CCc1c(C=O)cccc1OCc1ccccc1. The molecule has 0 aliphatic carbocycles. The summed E-state index contributed by atoms with van der Waals surface area (Å²) in [5.41, 5.74) is 2.65. The summed E-state index contributed by atoms with van der Waals surface area (Å²) in [6.07, 6.45) is 17.7. The first kappa shape index (κ1) is 28.4. The Morgan fingerprint density at radius 1 is 1.17 bits per heavy atom. The maximum absolute atomic E-state index is 11.0. The Labute approximate surface area is 211 Å². The Morgan fingerprint density at radius 2 is 2.00 bits per heavy atom. The molecule has 188 valence electrons. The number of unbranched alkanes of at least 4 members (excludes halogenated alkanes) is 2. The fraction of sp³-hybridized carbons (Fsp3) is 0.452. The number of ether oxygens (including phenoxy) is 3. The van der Waals surface area contributed by atoms with Crippen molar-refractivity contribution in [1.82, 2.24) is 0 Å². The largest absolute Gasteiger partial charge is 0.489 e. The third-order valence-electron chi connectivity index (χ3n) is 5.84. The van der Waals surface area contributed by atoms with Crippen molar-refractivity contribution < 1.29 is 19.0 Å². The number of hydrogen-bond acceptors (Lipinski definition) is 4. The Bertz CT molecular complexity index is 894. The maximum atomic E-state index is 11.0. The minimum absolute atomic E-state index is 0.00581. The average Bonchev–Trinajstić information content (AvgIpc) is 2.90. The lowest BCUT2D eigenvalue weighted by Gasteiger charge is -2.27. The summed E-state index contributed by atoms with van der Waals surface area (Å²) in [4.78, 5) is 11.0. The zero-order valence-corrected chi connectivity index (χ0v) is 21.1. The van der Waals surface area contributed by atoms with Crippen LogP contribution in [0.1, 0.15) is 79.8 Å². The second kappa shape index (κ2) is 17.5. The standard InChI is InChI=1S/C17H16O2.C14H24O2/c1-2-7-16-15(12-18)10-6-11-17(16)19-13-14-8-4-3-5-9-14;1-3-5-6-10-13(9-4-2)16-14-11-7-8-12-15-14/h2-6,8-12H,1,7,13H2;2,13-14H,3,5-12H2,1H3/t;13-,14?/m.1/s1. The quantitative estimate of drug-likeness (QED) is 0.132. The Kier molecular flexibility index (Phi) is 14.2. The lowest BCUT2D eigenvalue weighted by atomic mass is 10.0. The van der Waals surface area contributed by atoms with Crippen LogP contribution in [0.25, 0.3) is 0 Å². The van der Waals surface area contributed by atoms with E-state index < -0.39 is 0 Å². The fourth-order valence-electron chi connectivity index (χ4n) is 3.93. The van der Waals surface area contributed by atoms with Crippen molar-refractivity contribution in [2.45, 2.75) is 83.7 Å². The molecule has 4 heteroatoms. The Balaban J connectivity index is 0.000000251. The first-order valence-corrected chi connectivity index (χ1v) is 12.8. The van der Waals surface area contributed by atoms with E-state index in [0.29, 0.717) is 25.0 Å². The van der Waals surface area contributed by atoms with E-state index in [0.717, 1.165) is 49.0 Å². The second-order valence-electron chi connectivity index (χ2n) is 8.67. The molecule has 0 spiro atoms. The summed E-state index contributed by atoms with van der Waals surface area (Å²) in [5, 5.41) is 0. The highest BCUT2D eigenvalue weighted by atomic mass is 16.7. The van der Waals surface area contributed by atoms with E-state index in [-0.39, 0.29) is 12.4 Å². The molecule has 0 saturated carbocycles. The van der Waals surface area contributed by atoms with Crippen LogP contribution in [0.3, 0.4) is 0 Å². The van der Waals surface area contributed by atoms with E-state index in [9.17, 15) is 4.79 Å². The predicted octanol–water partition coefficient (Wildman–Crippen LogP) is 7.31. The molecular formula is C31H40O4. The fourth-order valence-corrected chi connectivity index (χ4v) is 3.93. The zero-order valence-electron chi connectivity index (χ0n) is 21.1. The molecule has 1 aliphatic heterocycles. The molecule has 2 aromatic carbocycles. The van der Waals surface area contributed by atoms with Gasteiger partial charge in [-0.15, -0.1) is 18.9 Å². The van der Waals surface area contributed by atoms with E-state index in [1.165, 1.54) is 25.7 Å². The molecule has 1 fully saturated rings. The van der Waals surface area contributed by atoms with Crippen LogP contribution in [0.15, 0.2) is 61.2 Å². The van der Waals surface area contributed by atoms with Crippen LogP contribution in [0.5, 0.6) is 5.75 Å². The number of rotatable bonds is 13. The van der Waals surface area contributed by atoms with E-state index in [1.54, 1.807) is 12.1 Å². The van der Waals surface area contributed by atoms with E-state index in [4.69, 9.17) is 20.6 Å². The number of benzene rings is 2. The van der Waals surface area contributed by atoms with Gasteiger partial charge in [0.15, 0.2) is 6.29 Å². The molecule has 1 aliphatic rings. The van der Waals surface area contributed by atoms with Gasteiger partial charge in [-0.25, -0.2) is 0 Å². The van der Waals surface area contributed by atoms with Crippen LogP contribution >= 0.6 is 0 Å². The third-order valence-corrected chi connectivity index (χ3v) is 5.84. The molecule has 0 bridgehead atoms. The number of carbonyl (C=O) groups excluding carboxylic acids is 1. The smallest absolute Gasteiger partial charge is 0.157 e. The van der Waals surface area contributed by atoms with Crippen LogP contribution in [0.4, 0.5) is 0 Å². The predicted molar refractivity (Wildman–Crippen MR) is 143 cm³/mol. The van der Waals surface area contributed by atoms with Gasteiger partial charge in [0.05, 0.1) is 6.10 Å². The van der Waals surface area contributed by atoms with Crippen molar-refractivity contribution in [3.05, 3.63) is 77.9 Å². The second-order valence-corrected chi connectivity index (χ2v) is 8.67. The molecule has 1 heterocycles. The summed E-state index contributed by atoms with van der Waals surface area (Å²) < 4.78 is 17.3. The first-order valence-electron chi connectivity index (χ1n) is 12.8. The zero-order chi connectivity index (χ0) is 25.1. The topological polar surface area (TPSA) is 44.8 Å². The Morgan fingerprint density at radius 3 is 2.66 bits per heavy atom. The summed E-state index contributed by atoms with van der Waals surface area (Å²) in [7, 11) is 0. The lowest BCUT2D eigenvalue weighted by molar-refractivity contribution is -0.188. The summed E-state index contributed by atoms with van der Waals surface area (Å²) >= 11 is 0. The minimum atomic E-state index is -0.00581. The van der Waals surface area contributed by atoms with Crippen molar-refractivity contribution in [2.75, 3.05) is 6.61 Å². The van der Waals surface area contributed by atoms with E-state index >= 15 is 0 Å². The van der Waals surface area contributed by atoms with Crippen molar-refractivity contribution in [3.8, 4) is 18.1 Å². The van der Waals surface area contributed by atoms with Gasteiger partial charge in [-0.3, -0.25) is 4.79 Å². The van der Waals surface area contributed by atoms with Crippen LogP contribution in [-0.4, -0.2) is 25.3 Å². The number of aldehydes is 1. The van der Waals surface area contributed by atoms with Crippen molar-refractivity contribution >= 4 is 6.29 Å². The van der Waals surface area contributed by atoms with E-state index in [2.05, 4.69) is 19.4 Å². The monoisotopic (exact) mass is 476 g/mol. The summed E-state index contributed by atoms with van der Waals surface area (Å²) in [5.74, 6) is 3.45. The normalized spacial score (nSPS) is 15.7. The molecule has 3 rings (SSSR count). The molecule has 35 heavy (non-hydrogen) atoms. The lowest BCUT2D eigenvalue weighted by Crippen LogP contribution is -2.27. The summed E-state index contributed by atoms with van der Waals surface area (Å²) in [6.45, 7) is 7.26. The number of carbonyl (C=O) groups is 1. The highest BCUT2D eigenvalue weighted by molar-refractivity contribution is 5.78. The molecule has 2 aromatic rings. The van der Waals surface area contributed by atoms with Gasteiger partial charge in [0.1, 0.15) is 18.6 Å². The van der Waals surface area contributed by atoms with Gasteiger partial charge < -0.3 is 14.2 Å². The molecule has 0 radical (unpaired) electrons. The molecular weight excluding hydrogens is 436 g/mol. The van der Waals surface area contributed by atoms with Gasteiger partial charge in [0, 0.05) is 24.2 Å². The highest BCUT2D eigenvalue weighted by Gasteiger charge is 2.18. The van der Waals surface area contributed by atoms with Crippen molar-refractivity contribution in [2.24, 2.45) is 0 Å². The number of hydrogen-bond donors (Lipinski definition) is 0. The summed E-state index contributed by atoms with van der Waals surface area (Å²) in [6, 6.07) is 15.5. The Hall–Kier alpha value is -2.87. The maximum Gasteiger partial charge on any atom is 0.157 e. The highest BCUT2D eigenvalue weighted by Crippen LogP contribution is 2.23. The van der Waals surface area contributed by atoms with Crippen LogP contribution in [0.2, 0.25) is 0 Å². The van der Waals surface area contributed by atoms with Crippen LogP contribution in [-0.2, 0) is 22.5 Å². The van der Waals surface area contributed by atoms with Gasteiger partial charge in [0.25, 0.3) is 0 Å². The van der Waals surface area contributed by atoms with Gasteiger partial charge in [-0.05, 0) is 43.7 Å². The minimum Gasteiger partial charge on any atom is -0.489 e. The molecule has 0 aromatic heterocycles. The van der Waals surface area contributed by atoms with E-state index in [1.807, 2.05) is 42.5 Å².